The molecule has 1 N–H and O–H groups in total. The van der Waals surface area contributed by atoms with Crippen molar-refractivity contribution >= 4 is 51.7 Å². The maximum atomic E-state index is 12.4. The second-order valence-electron chi connectivity index (χ2n) is 6.50. The number of ether oxygens (including phenoxy) is 1. The van der Waals surface area contributed by atoms with E-state index in [-0.39, 0.29) is 17.2 Å². The van der Waals surface area contributed by atoms with Gasteiger partial charge in [0.25, 0.3) is 0 Å². The minimum Gasteiger partial charge on any atom is -0.462 e. The monoisotopic (exact) mass is 427 g/mol. The Morgan fingerprint density at radius 3 is 2.69 bits per heavy atom. The number of halogens is 1. The Kier molecular flexibility index (Phi) is 7.55. The van der Waals surface area contributed by atoms with E-state index >= 15 is 0 Å². The smallest absolute Gasteiger partial charge is 0.339 e. The van der Waals surface area contributed by atoms with Crippen molar-refractivity contribution in [1.29, 1.82) is 0 Å². The fraction of sp³-hybridized carbons (Fsp3) is 0.217. The van der Waals surface area contributed by atoms with E-state index in [0.717, 1.165) is 28.5 Å². The molecule has 3 aromatic rings. The van der Waals surface area contributed by atoms with Gasteiger partial charge >= 0.3 is 5.97 Å². The second kappa shape index (κ2) is 10.3. The second-order valence-corrected chi connectivity index (χ2v) is 7.92. The molecule has 0 saturated heterocycles. The van der Waals surface area contributed by atoms with Gasteiger partial charge in [-0.15, -0.1) is 11.8 Å². The summed E-state index contributed by atoms with van der Waals surface area (Å²) in [6.45, 7) is 2.37. The number of unbranched alkanes of at least 4 members (excludes halogenated alkanes) is 1. The van der Waals surface area contributed by atoms with Crippen LogP contribution in [0.1, 0.15) is 30.1 Å². The largest absolute Gasteiger partial charge is 0.462 e. The van der Waals surface area contributed by atoms with Crippen molar-refractivity contribution < 1.29 is 14.3 Å². The van der Waals surface area contributed by atoms with Crippen molar-refractivity contribution in [2.75, 3.05) is 17.7 Å². The molecule has 150 valence electrons. The molecule has 0 fully saturated rings. The van der Waals surface area contributed by atoms with Crippen molar-refractivity contribution in [3.63, 3.8) is 0 Å². The summed E-state index contributed by atoms with van der Waals surface area (Å²) in [5.41, 5.74) is 0.766. The maximum Gasteiger partial charge on any atom is 0.339 e. The normalized spacial score (nSPS) is 10.7. The zero-order chi connectivity index (χ0) is 20.6. The number of thioether (sulfide) groups is 1. The summed E-state index contributed by atoms with van der Waals surface area (Å²) in [5, 5.41) is 5.39. The third kappa shape index (κ3) is 5.75. The fourth-order valence-electron chi connectivity index (χ4n) is 2.81. The first-order chi connectivity index (χ1) is 14.1. The maximum absolute atomic E-state index is 12.4. The lowest BCUT2D eigenvalue weighted by molar-refractivity contribution is -0.113. The Balaban J connectivity index is 1.63. The molecule has 29 heavy (non-hydrogen) atoms. The van der Waals surface area contributed by atoms with Gasteiger partial charge in [-0.25, -0.2) is 4.79 Å². The van der Waals surface area contributed by atoms with E-state index in [0.29, 0.717) is 17.3 Å². The highest BCUT2D eigenvalue weighted by Gasteiger charge is 2.14. The van der Waals surface area contributed by atoms with Crippen LogP contribution in [0, 0.1) is 0 Å². The molecular weight excluding hydrogens is 406 g/mol. The number of esters is 1. The van der Waals surface area contributed by atoms with Gasteiger partial charge in [-0.05, 0) is 41.5 Å². The van der Waals surface area contributed by atoms with Crippen molar-refractivity contribution in [1.82, 2.24) is 0 Å². The Labute approximate surface area is 179 Å². The summed E-state index contributed by atoms with van der Waals surface area (Å²) in [5.74, 6) is -0.382. The summed E-state index contributed by atoms with van der Waals surface area (Å²) < 4.78 is 5.22. The number of hydrogen-bond acceptors (Lipinski definition) is 4. The van der Waals surface area contributed by atoms with E-state index < -0.39 is 5.97 Å². The molecule has 1 amide bonds. The Hall–Kier alpha value is -2.50. The Morgan fingerprint density at radius 1 is 1.07 bits per heavy atom. The number of anilines is 1. The van der Waals surface area contributed by atoms with E-state index in [1.54, 1.807) is 18.2 Å². The quantitative estimate of drug-likeness (QED) is 0.265. The Bertz CT molecular complexity index is 1020. The Morgan fingerprint density at radius 2 is 1.86 bits per heavy atom. The lowest BCUT2D eigenvalue weighted by atomic mass is 10.1. The van der Waals surface area contributed by atoms with Crippen LogP contribution < -0.4 is 5.32 Å². The minimum absolute atomic E-state index is 0.157. The van der Waals surface area contributed by atoms with Crippen LogP contribution in [-0.4, -0.2) is 24.2 Å². The van der Waals surface area contributed by atoms with Gasteiger partial charge in [0.15, 0.2) is 0 Å². The molecule has 0 unspecified atom stereocenters. The van der Waals surface area contributed by atoms with Crippen LogP contribution in [-0.2, 0) is 9.53 Å². The average Bonchev–Trinajstić information content (AvgIpc) is 2.73. The molecule has 0 aliphatic heterocycles. The minimum atomic E-state index is -0.482. The van der Waals surface area contributed by atoms with E-state index in [1.165, 1.54) is 11.8 Å². The average molecular weight is 428 g/mol. The van der Waals surface area contributed by atoms with E-state index in [9.17, 15) is 9.59 Å². The van der Waals surface area contributed by atoms with Crippen molar-refractivity contribution in [3.8, 4) is 0 Å². The van der Waals surface area contributed by atoms with Crippen LogP contribution in [0.4, 0.5) is 5.69 Å². The van der Waals surface area contributed by atoms with Gasteiger partial charge in [0.1, 0.15) is 0 Å². The molecule has 3 aromatic carbocycles. The van der Waals surface area contributed by atoms with Crippen LogP contribution in [0.15, 0.2) is 65.6 Å². The fourth-order valence-corrected chi connectivity index (χ4v) is 3.88. The van der Waals surface area contributed by atoms with Crippen LogP contribution in [0.5, 0.6) is 0 Å². The highest BCUT2D eigenvalue weighted by molar-refractivity contribution is 8.00. The molecule has 0 spiro atoms. The summed E-state index contributed by atoms with van der Waals surface area (Å²) in [7, 11) is 0. The summed E-state index contributed by atoms with van der Waals surface area (Å²) in [6.07, 6.45) is 1.73. The number of rotatable bonds is 8. The molecule has 3 rings (SSSR count). The van der Waals surface area contributed by atoms with Gasteiger partial charge in [0.2, 0.25) is 5.91 Å². The van der Waals surface area contributed by atoms with Gasteiger partial charge < -0.3 is 10.1 Å². The van der Waals surface area contributed by atoms with E-state index in [1.807, 2.05) is 49.4 Å². The molecule has 6 heteroatoms. The number of nitrogens with one attached hydrogen (secondary N) is 1. The summed E-state index contributed by atoms with van der Waals surface area (Å²) in [4.78, 5) is 25.7. The molecule has 0 radical (unpaired) electrons. The van der Waals surface area contributed by atoms with Crippen LogP contribution >= 0.6 is 23.4 Å². The standard InChI is InChI=1S/C23H22ClNO3S/c1-2-3-13-28-23(27)19-14-17(11-12-20(19)24)25-22(26)15-29-21-10-6-8-16-7-4-5-9-18(16)21/h4-12,14H,2-3,13,15H2,1H3,(H,25,26). The van der Waals surface area contributed by atoms with Crippen LogP contribution in [0.3, 0.4) is 0 Å². The lowest BCUT2D eigenvalue weighted by Crippen LogP contribution is -2.15. The molecule has 0 heterocycles. The zero-order valence-corrected chi connectivity index (χ0v) is 17.7. The number of benzene rings is 3. The molecular formula is C23H22ClNO3S. The number of amides is 1. The number of fused-ring (bicyclic) bond motifs is 1. The molecule has 0 aliphatic rings. The third-order valence-electron chi connectivity index (χ3n) is 4.31. The van der Waals surface area contributed by atoms with Crippen molar-refractivity contribution in [2.45, 2.75) is 24.7 Å². The number of carbonyl (C=O) groups is 2. The highest BCUT2D eigenvalue weighted by atomic mass is 35.5. The van der Waals surface area contributed by atoms with E-state index in [4.69, 9.17) is 16.3 Å². The van der Waals surface area contributed by atoms with Gasteiger partial charge in [-0.3, -0.25) is 4.79 Å². The predicted molar refractivity (Wildman–Crippen MR) is 120 cm³/mol. The highest BCUT2D eigenvalue weighted by Crippen LogP contribution is 2.28. The third-order valence-corrected chi connectivity index (χ3v) is 5.71. The van der Waals surface area contributed by atoms with Gasteiger partial charge in [0, 0.05) is 10.6 Å². The van der Waals surface area contributed by atoms with Crippen LogP contribution in [0.2, 0.25) is 5.02 Å². The molecule has 0 aromatic heterocycles. The number of carbonyl (C=O) groups excluding carboxylic acids is 2. The number of hydrogen-bond donors (Lipinski definition) is 1. The first-order valence-corrected chi connectivity index (χ1v) is 10.8. The lowest BCUT2D eigenvalue weighted by Gasteiger charge is -2.10. The molecule has 0 saturated carbocycles. The van der Waals surface area contributed by atoms with E-state index in [2.05, 4.69) is 5.32 Å². The van der Waals surface area contributed by atoms with Crippen LogP contribution in [0.25, 0.3) is 10.8 Å². The van der Waals surface area contributed by atoms with Gasteiger partial charge in [0.05, 0.1) is 22.9 Å². The van der Waals surface area contributed by atoms with Gasteiger partial charge in [-0.2, -0.15) is 0 Å². The first kappa shape index (κ1) is 21.2. The van der Waals surface area contributed by atoms with Crippen molar-refractivity contribution in [2.24, 2.45) is 0 Å². The molecule has 0 aliphatic carbocycles. The summed E-state index contributed by atoms with van der Waals surface area (Å²) >= 11 is 7.59. The SMILES string of the molecule is CCCCOC(=O)c1cc(NC(=O)CSc2cccc3ccccc23)ccc1Cl. The first-order valence-electron chi connectivity index (χ1n) is 9.45. The molecule has 4 nitrogen and oxygen atoms in total. The van der Waals surface area contributed by atoms with Crippen molar-refractivity contribution in [3.05, 3.63) is 71.2 Å². The zero-order valence-electron chi connectivity index (χ0n) is 16.1. The molecule has 0 bridgehead atoms. The topological polar surface area (TPSA) is 55.4 Å². The predicted octanol–water partition coefficient (Wildman–Crippen LogP) is 6.18. The molecule has 0 atom stereocenters. The summed E-state index contributed by atoms with van der Waals surface area (Å²) in [6, 6.07) is 18.9. The van der Waals surface area contributed by atoms with Gasteiger partial charge in [-0.1, -0.05) is 61.3 Å².